The summed E-state index contributed by atoms with van der Waals surface area (Å²) in [4.78, 5) is 25.6. The molecule has 0 saturated carbocycles. The van der Waals surface area contributed by atoms with E-state index in [1.807, 2.05) is 13.8 Å². The number of hydrogen-bond acceptors (Lipinski definition) is 6. The largest absolute Gasteiger partial charge is 0.361 e. The molecule has 2 aliphatic heterocycles. The first-order valence-corrected chi connectivity index (χ1v) is 14.2. The second-order valence-corrected chi connectivity index (χ2v) is 11.6. The summed E-state index contributed by atoms with van der Waals surface area (Å²) in [6, 6.07) is 10.3. The molecule has 0 N–H and O–H groups in total. The van der Waals surface area contributed by atoms with Crippen LogP contribution in [0.25, 0.3) is 0 Å². The summed E-state index contributed by atoms with van der Waals surface area (Å²) < 4.78 is 31.8. The number of hydrogen-bond donors (Lipinski definition) is 0. The van der Waals surface area contributed by atoms with Gasteiger partial charge in [-0.2, -0.15) is 0 Å². The van der Waals surface area contributed by atoms with Gasteiger partial charge < -0.3 is 9.80 Å². The molecule has 0 amide bonds. The quantitative estimate of drug-likeness (QED) is 0.206. The van der Waals surface area contributed by atoms with Crippen LogP contribution in [0.5, 0.6) is 0 Å². The molecule has 2 heterocycles. The molecule has 2 fully saturated rings. The highest BCUT2D eigenvalue weighted by Gasteiger charge is 2.39. The Morgan fingerprint density at radius 3 is 1.59 bits per heavy atom. The van der Waals surface area contributed by atoms with E-state index in [-0.39, 0.29) is 44.9 Å². The zero-order valence-corrected chi connectivity index (χ0v) is 23.9. The molecular formula is C29H28Cl2F2N4O4. The van der Waals surface area contributed by atoms with Crippen LogP contribution in [-0.4, -0.2) is 21.9 Å². The minimum absolute atomic E-state index is 0.0283. The smallest absolute Gasteiger partial charge is 0.288 e. The van der Waals surface area contributed by atoms with Gasteiger partial charge in [-0.3, -0.25) is 20.2 Å². The molecule has 41 heavy (non-hydrogen) atoms. The summed E-state index contributed by atoms with van der Waals surface area (Å²) in [6.07, 6.45) is 3.56. The van der Waals surface area contributed by atoms with Crippen molar-refractivity contribution in [2.45, 2.75) is 70.1 Å². The number of rotatable bonds is 6. The van der Waals surface area contributed by atoms with Crippen LogP contribution in [0.3, 0.4) is 0 Å². The van der Waals surface area contributed by atoms with Crippen LogP contribution in [-0.2, 0) is 0 Å². The number of nitro benzene ring substituents is 2. The molecule has 2 aliphatic rings. The summed E-state index contributed by atoms with van der Waals surface area (Å²) in [7, 11) is 0. The topological polar surface area (TPSA) is 92.8 Å². The lowest BCUT2D eigenvalue weighted by Gasteiger charge is -2.41. The van der Waals surface area contributed by atoms with Gasteiger partial charge in [0.15, 0.2) is 11.6 Å². The van der Waals surface area contributed by atoms with E-state index in [1.54, 1.807) is 21.9 Å². The Morgan fingerprint density at radius 2 is 1.17 bits per heavy atom. The van der Waals surface area contributed by atoms with Crippen LogP contribution in [0.2, 0.25) is 10.0 Å². The average Bonchev–Trinajstić information content (AvgIpc) is 3.35. The van der Waals surface area contributed by atoms with Gasteiger partial charge in [-0.15, -0.1) is 0 Å². The third-order valence-corrected chi connectivity index (χ3v) is 8.88. The van der Waals surface area contributed by atoms with E-state index in [9.17, 15) is 20.2 Å². The van der Waals surface area contributed by atoms with E-state index in [0.717, 1.165) is 19.3 Å². The fraction of sp³-hybridized carbons (Fsp3) is 0.379. The standard InChI is InChI=1S/C29H28Cl2F2N4O4/c1-16-4-3-5-17(2)34(16)29-23(32)14-20(15-24(29)33)35-25(18-6-8-21(30)27(12-18)36(38)39)10-11-26(35)19-7-9-22(31)28(13-19)37(40)41/h6-9,12-17,25-26H,3-5,10-11H2,1-2H3/t16-,17+,25-,26-/m1/s1. The second kappa shape index (κ2) is 11.4. The van der Waals surface area contributed by atoms with Gasteiger partial charge in [-0.1, -0.05) is 35.3 Å². The van der Waals surface area contributed by atoms with Crippen molar-refractivity contribution < 1.29 is 18.6 Å². The minimum atomic E-state index is -0.714. The molecule has 2 saturated heterocycles. The molecule has 12 heteroatoms. The Hall–Kier alpha value is -3.50. The predicted octanol–water partition coefficient (Wildman–Crippen LogP) is 8.94. The van der Waals surface area contributed by atoms with Gasteiger partial charge in [-0.25, -0.2) is 8.78 Å². The molecule has 0 aliphatic carbocycles. The molecule has 3 aromatic rings. The Morgan fingerprint density at radius 1 is 0.732 bits per heavy atom. The first-order valence-electron chi connectivity index (χ1n) is 13.4. The first-order chi connectivity index (χ1) is 19.5. The fourth-order valence-electron chi connectivity index (χ4n) is 6.39. The highest BCUT2D eigenvalue weighted by atomic mass is 35.5. The third-order valence-electron chi connectivity index (χ3n) is 8.24. The lowest BCUT2D eigenvalue weighted by molar-refractivity contribution is -0.384. The SMILES string of the molecule is C[C@@H]1CCC[C@H](C)N1c1c(F)cc(N2[C@@H](c3ccc(Cl)c([N+](=O)[O-])c3)CC[C@@H]2c2ccc(Cl)c([N+](=O)[O-])c2)cc1F. The lowest BCUT2D eigenvalue weighted by Crippen LogP contribution is -2.44. The maximum atomic E-state index is 15.9. The lowest BCUT2D eigenvalue weighted by atomic mass is 9.96. The van der Waals surface area contributed by atoms with Gasteiger partial charge in [-0.05, 0) is 81.3 Å². The minimum Gasteiger partial charge on any atom is -0.361 e. The van der Waals surface area contributed by atoms with Crippen molar-refractivity contribution in [3.05, 3.63) is 102 Å². The number of nitrogens with zero attached hydrogens (tertiary/aromatic N) is 4. The van der Waals surface area contributed by atoms with Crippen LogP contribution >= 0.6 is 23.2 Å². The van der Waals surface area contributed by atoms with Crippen molar-refractivity contribution >= 4 is 46.0 Å². The predicted molar refractivity (Wildman–Crippen MR) is 155 cm³/mol. The maximum absolute atomic E-state index is 15.9. The van der Waals surface area contributed by atoms with Gasteiger partial charge in [0.2, 0.25) is 0 Å². The molecule has 8 nitrogen and oxygen atoms in total. The first kappa shape index (κ1) is 29.0. The molecule has 0 bridgehead atoms. The van der Waals surface area contributed by atoms with E-state index >= 15 is 8.78 Å². The van der Waals surface area contributed by atoms with E-state index in [0.29, 0.717) is 24.0 Å². The number of benzene rings is 3. The Bertz CT molecular complexity index is 1420. The summed E-state index contributed by atoms with van der Waals surface area (Å²) in [5, 5.41) is 23.2. The molecule has 3 aromatic carbocycles. The van der Waals surface area contributed by atoms with Gasteiger partial charge in [0.25, 0.3) is 11.4 Å². The Labute approximate surface area is 245 Å². The molecule has 0 spiro atoms. The van der Waals surface area contributed by atoms with Crippen molar-refractivity contribution in [1.29, 1.82) is 0 Å². The zero-order chi connectivity index (χ0) is 29.6. The van der Waals surface area contributed by atoms with Crippen molar-refractivity contribution in [1.82, 2.24) is 0 Å². The molecule has 5 rings (SSSR count). The number of nitro groups is 2. The zero-order valence-electron chi connectivity index (χ0n) is 22.4. The number of piperidine rings is 1. The number of anilines is 2. The molecule has 0 aromatic heterocycles. The van der Waals surface area contributed by atoms with Crippen molar-refractivity contribution in [3.63, 3.8) is 0 Å². The number of halogens is 4. The fourth-order valence-corrected chi connectivity index (χ4v) is 6.76. The van der Waals surface area contributed by atoms with Crippen LogP contribution in [0, 0.1) is 31.9 Å². The normalized spacial score (nSPS) is 22.7. The summed E-state index contributed by atoms with van der Waals surface area (Å²) in [5.41, 5.74) is 0.658. The van der Waals surface area contributed by atoms with Gasteiger partial charge in [0, 0.05) is 29.9 Å². The van der Waals surface area contributed by atoms with Gasteiger partial charge in [0.05, 0.1) is 21.9 Å². The molecule has 4 atom stereocenters. The van der Waals surface area contributed by atoms with Crippen LogP contribution in [0.4, 0.5) is 31.5 Å². The van der Waals surface area contributed by atoms with Crippen molar-refractivity contribution in [2.75, 3.05) is 9.80 Å². The van der Waals surface area contributed by atoms with Crippen molar-refractivity contribution in [2.24, 2.45) is 0 Å². The van der Waals surface area contributed by atoms with Crippen LogP contribution < -0.4 is 9.80 Å². The summed E-state index contributed by atoms with van der Waals surface area (Å²) in [5.74, 6) is -1.43. The molecule has 0 radical (unpaired) electrons. The molecule has 216 valence electrons. The third kappa shape index (κ3) is 5.42. The Balaban J connectivity index is 1.64. The van der Waals surface area contributed by atoms with Crippen LogP contribution in [0.15, 0.2) is 48.5 Å². The van der Waals surface area contributed by atoms with Gasteiger partial charge in [0.1, 0.15) is 15.7 Å². The summed E-state index contributed by atoms with van der Waals surface area (Å²) >= 11 is 12.1. The Kier molecular flexibility index (Phi) is 8.07. The van der Waals surface area contributed by atoms with E-state index in [2.05, 4.69) is 0 Å². The van der Waals surface area contributed by atoms with E-state index < -0.39 is 33.6 Å². The summed E-state index contributed by atoms with van der Waals surface area (Å²) in [6.45, 7) is 3.91. The highest BCUT2D eigenvalue weighted by molar-refractivity contribution is 6.33. The van der Waals surface area contributed by atoms with E-state index in [1.165, 1.54) is 36.4 Å². The maximum Gasteiger partial charge on any atom is 0.288 e. The molecular weight excluding hydrogens is 577 g/mol. The molecule has 0 unspecified atom stereocenters. The highest BCUT2D eigenvalue weighted by Crippen LogP contribution is 2.49. The second-order valence-electron chi connectivity index (χ2n) is 10.7. The monoisotopic (exact) mass is 604 g/mol. The van der Waals surface area contributed by atoms with E-state index in [4.69, 9.17) is 23.2 Å². The average molecular weight is 605 g/mol. The van der Waals surface area contributed by atoms with Gasteiger partial charge >= 0.3 is 0 Å². The van der Waals surface area contributed by atoms with Crippen LogP contribution in [0.1, 0.15) is 69.2 Å². The van der Waals surface area contributed by atoms with Crippen molar-refractivity contribution in [3.8, 4) is 0 Å².